The minimum Gasteiger partial charge on any atom is -0.495 e. The molecule has 0 fully saturated rings. The SMILES string of the molecule is COc1ccc(C(CC(=O)NCC[N+](C)(C)CCNC(=O)c2nc(Cl)c(N)nc2N)c2ccccc2)cc1S(=O)(=O)CC(=N)N. The van der Waals surface area contributed by atoms with Crippen molar-refractivity contribution in [1.29, 1.82) is 5.41 Å². The number of carbonyl (C=O) groups excluding carboxylic acids is 2. The third-order valence-corrected chi connectivity index (χ3v) is 8.98. The van der Waals surface area contributed by atoms with Gasteiger partial charge in [-0.3, -0.25) is 15.0 Å². The van der Waals surface area contributed by atoms with Gasteiger partial charge in [0, 0.05) is 12.3 Å². The number of aromatic nitrogens is 2. The Kier molecular flexibility index (Phi) is 11.7. The Morgan fingerprint density at radius 2 is 1.64 bits per heavy atom. The van der Waals surface area contributed by atoms with Crippen molar-refractivity contribution < 1.29 is 27.2 Å². The quantitative estimate of drug-likeness (QED) is 0.0774. The van der Waals surface area contributed by atoms with E-state index in [0.717, 1.165) is 5.56 Å². The first-order valence-electron chi connectivity index (χ1n) is 13.9. The smallest absolute Gasteiger partial charge is 0.273 e. The van der Waals surface area contributed by atoms with Gasteiger partial charge in [-0.05, 0) is 23.3 Å². The second-order valence-corrected chi connectivity index (χ2v) is 13.3. The summed E-state index contributed by atoms with van der Waals surface area (Å²) in [5, 5.41) is 13.1. The third-order valence-electron chi connectivity index (χ3n) is 7.02. The summed E-state index contributed by atoms with van der Waals surface area (Å²) in [6.45, 7) is 1.75. The number of amidine groups is 1. The predicted octanol–water partition coefficient (Wildman–Crippen LogP) is 1.16. The lowest BCUT2D eigenvalue weighted by Gasteiger charge is -2.30. The number of nitrogens with two attached hydrogens (primary N) is 3. The van der Waals surface area contributed by atoms with E-state index in [1.54, 1.807) is 6.07 Å². The van der Waals surface area contributed by atoms with Gasteiger partial charge in [0.25, 0.3) is 5.91 Å². The molecule has 1 atom stereocenters. The molecule has 14 nitrogen and oxygen atoms in total. The van der Waals surface area contributed by atoms with E-state index in [-0.39, 0.29) is 45.5 Å². The lowest BCUT2D eigenvalue weighted by atomic mass is 9.88. The predicted molar refractivity (Wildman–Crippen MR) is 173 cm³/mol. The van der Waals surface area contributed by atoms with E-state index in [4.69, 9.17) is 38.9 Å². The Labute approximate surface area is 267 Å². The van der Waals surface area contributed by atoms with Gasteiger partial charge < -0.3 is 37.1 Å². The second kappa shape index (κ2) is 15.0. The third kappa shape index (κ3) is 9.76. The van der Waals surface area contributed by atoms with Crippen LogP contribution in [0, 0.1) is 5.41 Å². The highest BCUT2D eigenvalue weighted by Crippen LogP contribution is 2.34. The number of carbonyl (C=O) groups is 2. The van der Waals surface area contributed by atoms with Gasteiger partial charge >= 0.3 is 0 Å². The molecule has 1 unspecified atom stereocenters. The maximum atomic E-state index is 13.2. The number of methoxy groups -OCH3 is 1. The van der Waals surface area contributed by atoms with Crippen LogP contribution in [0.3, 0.4) is 0 Å². The van der Waals surface area contributed by atoms with E-state index in [1.807, 2.05) is 44.4 Å². The van der Waals surface area contributed by atoms with Crippen LogP contribution >= 0.6 is 11.6 Å². The van der Waals surface area contributed by atoms with E-state index in [0.29, 0.717) is 36.2 Å². The maximum Gasteiger partial charge on any atom is 0.273 e. The first kappa shape index (κ1) is 35.0. The number of hydrogen-bond acceptors (Lipinski definition) is 10. The zero-order valence-electron chi connectivity index (χ0n) is 25.3. The van der Waals surface area contributed by atoms with Crippen LogP contribution in [-0.4, -0.2) is 93.7 Å². The lowest BCUT2D eigenvalue weighted by molar-refractivity contribution is -0.887. The van der Waals surface area contributed by atoms with E-state index < -0.39 is 33.3 Å². The van der Waals surface area contributed by atoms with Gasteiger partial charge in [-0.2, -0.15) is 0 Å². The summed E-state index contributed by atoms with van der Waals surface area (Å²) in [5.74, 6) is -2.42. The van der Waals surface area contributed by atoms with Crippen molar-refractivity contribution in [2.75, 3.05) is 64.6 Å². The highest BCUT2D eigenvalue weighted by Gasteiger charge is 2.26. The van der Waals surface area contributed by atoms with Gasteiger partial charge in [0.1, 0.15) is 22.2 Å². The number of hydrogen-bond donors (Lipinski definition) is 6. The minimum atomic E-state index is -3.96. The molecule has 45 heavy (non-hydrogen) atoms. The van der Waals surface area contributed by atoms with Gasteiger partial charge in [-0.15, -0.1) is 0 Å². The molecule has 1 heterocycles. The number of nitrogens with zero attached hydrogens (tertiary/aromatic N) is 3. The number of nitrogen functional groups attached to an aromatic ring is 2. The molecule has 0 saturated heterocycles. The van der Waals surface area contributed by atoms with E-state index in [1.165, 1.54) is 19.2 Å². The zero-order valence-corrected chi connectivity index (χ0v) is 26.9. The maximum absolute atomic E-state index is 13.2. The molecule has 242 valence electrons. The number of benzene rings is 2. The zero-order chi connectivity index (χ0) is 33.4. The molecular formula is C29H39ClN9O5S+. The molecule has 0 aliphatic rings. The Bertz CT molecular complexity index is 1650. The summed E-state index contributed by atoms with van der Waals surface area (Å²) in [7, 11) is 1.31. The summed E-state index contributed by atoms with van der Waals surface area (Å²) >= 11 is 5.86. The van der Waals surface area contributed by atoms with Crippen LogP contribution < -0.4 is 32.6 Å². The van der Waals surface area contributed by atoms with Crippen molar-refractivity contribution in [3.05, 3.63) is 70.5 Å². The standard InChI is InChI=1S/C29H38ClN9O5S/c1-39(2,14-12-36-29(41)25-27(33)38-28(34)26(30)37-25)13-11-35-24(40)16-20(18-7-5-4-6-8-18)19-9-10-21(44-3)22(15-19)45(42,43)17-23(31)32/h4-10,15,20H,11-14,16-17H2,1-3H3,(H8-,31,32,33,34,35,36,38,40,41)/p+1. The summed E-state index contributed by atoms with van der Waals surface area (Å²) in [6.07, 6.45) is 0.0542. The van der Waals surface area contributed by atoms with E-state index >= 15 is 0 Å². The number of quaternary nitrogens is 1. The van der Waals surface area contributed by atoms with Crippen molar-refractivity contribution in [3.8, 4) is 5.75 Å². The summed E-state index contributed by atoms with van der Waals surface area (Å²) < 4.78 is 31.7. The average Bonchev–Trinajstić information content (AvgIpc) is 2.97. The fraction of sp³-hybridized carbons (Fsp3) is 0.345. The Morgan fingerprint density at radius 3 is 2.27 bits per heavy atom. The van der Waals surface area contributed by atoms with Crippen molar-refractivity contribution in [2.45, 2.75) is 17.2 Å². The van der Waals surface area contributed by atoms with Crippen molar-refractivity contribution >= 4 is 50.7 Å². The van der Waals surface area contributed by atoms with Gasteiger partial charge in [-0.1, -0.05) is 48.0 Å². The first-order valence-corrected chi connectivity index (χ1v) is 15.9. The molecular weight excluding hydrogens is 622 g/mol. The van der Waals surface area contributed by atoms with Crippen LogP contribution in [-0.2, 0) is 14.6 Å². The number of sulfone groups is 1. The number of nitrogens with one attached hydrogen (secondary N) is 3. The molecule has 3 rings (SSSR count). The Balaban J connectivity index is 1.65. The molecule has 9 N–H and O–H groups in total. The number of halogens is 1. The fourth-order valence-corrected chi connectivity index (χ4v) is 6.05. The van der Waals surface area contributed by atoms with Crippen LogP contribution in [0.2, 0.25) is 5.15 Å². The van der Waals surface area contributed by atoms with Gasteiger partial charge in [-0.25, -0.2) is 18.4 Å². The monoisotopic (exact) mass is 660 g/mol. The molecule has 0 aliphatic heterocycles. The summed E-state index contributed by atoms with van der Waals surface area (Å²) in [4.78, 5) is 33.3. The lowest BCUT2D eigenvalue weighted by Crippen LogP contribution is -2.49. The molecule has 3 aromatic rings. The molecule has 0 bridgehead atoms. The average molecular weight is 661 g/mol. The number of ether oxygens (including phenoxy) is 1. The van der Waals surface area contributed by atoms with Gasteiger partial charge in [0.2, 0.25) is 5.91 Å². The summed E-state index contributed by atoms with van der Waals surface area (Å²) in [6, 6.07) is 14.0. The number of anilines is 2. The molecule has 2 amide bonds. The highest BCUT2D eigenvalue weighted by atomic mass is 35.5. The second-order valence-electron chi connectivity index (χ2n) is 11.0. The van der Waals surface area contributed by atoms with E-state index in [2.05, 4.69) is 20.6 Å². The number of likely N-dealkylation sites (N-methyl/N-ethyl adjacent to an activating group) is 1. The highest BCUT2D eigenvalue weighted by molar-refractivity contribution is 7.92. The van der Waals surface area contributed by atoms with Gasteiger partial charge in [0.05, 0.1) is 47.4 Å². The van der Waals surface area contributed by atoms with Crippen LogP contribution in [0.5, 0.6) is 5.75 Å². The number of rotatable bonds is 15. The van der Waals surface area contributed by atoms with Crippen LogP contribution in [0.25, 0.3) is 0 Å². The van der Waals surface area contributed by atoms with E-state index in [9.17, 15) is 18.0 Å². The largest absolute Gasteiger partial charge is 0.495 e. The molecule has 1 aromatic heterocycles. The van der Waals surface area contributed by atoms with Crippen LogP contribution in [0.1, 0.15) is 34.0 Å². The van der Waals surface area contributed by atoms with Crippen LogP contribution in [0.15, 0.2) is 53.4 Å². The summed E-state index contributed by atoms with van der Waals surface area (Å²) in [5.41, 5.74) is 18.0. The topological polar surface area (TPSA) is 229 Å². The molecule has 0 radical (unpaired) electrons. The Morgan fingerprint density at radius 1 is 1.00 bits per heavy atom. The molecule has 16 heteroatoms. The molecule has 0 aliphatic carbocycles. The van der Waals surface area contributed by atoms with Crippen LogP contribution in [0.4, 0.5) is 11.6 Å². The van der Waals surface area contributed by atoms with Crippen molar-refractivity contribution in [2.24, 2.45) is 5.73 Å². The normalized spacial score (nSPS) is 12.3. The molecule has 2 aromatic carbocycles. The molecule has 0 spiro atoms. The first-order chi connectivity index (χ1) is 21.1. The van der Waals surface area contributed by atoms with Gasteiger partial charge in [0.15, 0.2) is 32.3 Å². The number of amides is 2. The van der Waals surface area contributed by atoms with Crippen molar-refractivity contribution in [1.82, 2.24) is 20.6 Å². The molecule has 0 saturated carbocycles. The Hall–Kier alpha value is -4.47. The minimum absolute atomic E-state index is 0.0542. The van der Waals surface area contributed by atoms with Crippen molar-refractivity contribution in [3.63, 3.8) is 0 Å². The fourth-order valence-electron chi connectivity index (χ4n) is 4.58.